The smallest absolute Gasteiger partial charge is 0.218 e. The van der Waals surface area contributed by atoms with Gasteiger partial charge in [0.1, 0.15) is 12.1 Å². The van der Waals surface area contributed by atoms with Crippen molar-refractivity contribution in [3.8, 4) is 5.88 Å². The Labute approximate surface area is 103 Å². The molecule has 94 valence electrons. The van der Waals surface area contributed by atoms with E-state index in [9.17, 15) is 0 Å². The van der Waals surface area contributed by atoms with Gasteiger partial charge < -0.3 is 10.1 Å². The van der Waals surface area contributed by atoms with Gasteiger partial charge in [0, 0.05) is 12.6 Å². The van der Waals surface area contributed by atoms with E-state index in [0.29, 0.717) is 17.9 Å². The van der Waals surface area contributed by atoms with Gasteiger partial charge in [-0.15, -0.1) is 0 Å². The summed E-state index contributed by atoms with van der Waals surface area (Å²) in [6.45, 7) is 6.09. The minimum absolute atomic E-state index is 0.454. The summed E-state index contributed by atoms with van der Waals surface area (Å²) in [5.74, 6) is 1.52. The number of ether oxygens (including phenoxy) is 1. The van der Waals surface area contributed by atoms with Crippen LogP contribution in [0.15, 0.2) is 12.4 Å². The molecule has 0 amide bonds. The maximum absolute atomic E-state index is 5.48. The predicted octanol–water partition coefficient (Wildman–Crippen LogP) is 2.87. The van der Waals surface area contributed by atoms with E-state index in [1.54, 1.807) is 6.33 Å². The molecule has 1 N–H and O–H groups in total. The summed E-state index contributed by atoms with van der Waals surface area (Å²) in [4.78, 5) is 8.29. The van der Waals surface area contributed by atoms with E-state index < -0.39 is 0 Å². The number of aromatic nitrogens is 2. The third-order valence-corrected chi connectivity index (χ3v) is 3.35. The standard InChI is InChI=1S/C13H21N3O/c1-3-7-17-12-8-11(15-10-16-12)14-9-13(2)5-4-6-13/h8,10H,3-7,9H2,1-2H3,(H,14,15,16). The lowest BCUT2D eigenvalue weighted by Crippen LogP contribution is -2.33. The van der Waals surface area contributed by atoms with Crippen LogP contribution in [0.1, 0.15) is 39.5 Å². The fourth-order valence-electron chi connectivity index (χ4n) is 1.98. The van der Waals surface area contributed by atoms with Gasteiger partial charge in [0.2, 0.25) is 5.88 Å². The molecule has 0 spiro atoms. The Kier molecular flexibility index (Phi) is 3.82. The fraction of sp³-hybridized carbons (Fsp3) is 0.692. The third kappa shape index (κ3) is 3.32. The van der Waals surface area contributed by atoms with Crippen molar-refractivity contribution in [3.05, 3.63) is 12.4 Å². The van der Waals surface area contributed by atoms with E-state index in [1.165, 1.54) is 19.3 Å². The lowest BCUT2D eigenvalue weighted by molar-refractivity contribution is 0.179. The molecule has 0 aromatic carbocycles. The average molecular weight is 235 g/mol. The van der Waals surface area contributed by atoms with Gasteiger partial charge in [-0.3, -0.25) is 0 Å². The lowest BCUT2D eigenvalue weighted by Gasteiger charge is -2.38. The summed E-state index contributed by atoms with van der Waals surface area (Å²) in [5, 5.41) is 3.37. The lowest BCUT2D eigenvalue weighted by atomic mass is 9.70. The number of rotatable bonds is 6. The Morgan fingerprint density at radius 3 is 2.88 bits per heavy atom. The molecule has 2 rings (SSSR count). The van der Waals surface area contributed by atoms with Gasteiger partial charge >= 0.3 is 0 Å². The molecule has 4 heteroatoms. The summed E-state index contributed by atoms with van der Waals surface area (Å²) in [7, 11) is 0. The number of anilines is 1. The van der Waals surface area contributed by atoms with Crippen LogP contribution in [0.4, 0.5) is 5.82 Å². The topological polar surface area (TPSA) is 47.0 Å². The quantitative estimate of drug-likeness (QED) is 0.823. The highest BCUT2D eigenvalue weighted by Gasteiger charge is 2.31. The summed E-state index contributed by atoms with van der Waals surface area (Å²) < 4.78 is 5.48. The zero-order valence-electron chi connectivity index (χ0n) is 10.7. The molecule has 1 aromatic rings. The number of nitrogens with one attached hydrogen (secondary N) is 1. The Balaban J connectivity index is 1.87. The Morgan fingerprint density at radius 1 is 1.41 bits per heavy atom. The number of hydrogen-bond donors (Lipinski definition) is 1. The molecule has 1 fully saturated rings. The molecule has 4 nitrogen and oxygen atoms in total. The first-order chi connectivity index (χ1) is 8.22. The van der Waals surface area contributed by atoms with E-state index in [4.69, 9.17) is 4.74 Å². The second-order valence-electron chi connectivity index (χ2n) is 5.11. The van der Waals surface area contributed by atoms with Crippen molar-refractivity contribution in [1.29, 1.82) is 0 Å². The monoisotopic (exact) mass is 235 g/mol. The first-order valence-electron chi connectivity index (χ1n) is 6.41. The van der Waals surface area contributed by atoms with E-state index in [-0.39, 0.29) is 0 Å². The second-order valence-corrected chi connectivity index (χ2v) is 5.11. The highest BCUT2D eigenvalue weighted by Crippen LogP contribution is 2.40. The first-order valence-corrected chi connectivity index (χ1v) is 6.41. The SMILES string of the molecule is CCCOc1cc(NCC2(C)CCC2)ncn1. The highest BCUT2D eigenvalue weighted by molar-refractivity contribution is 5.37. The van der Waals surface area contributed by atoms with Gasteiger partial charge in [0.05, 0.1) is 6.61 Å². The van der Waals surface area contributed by atoms with Gasteiger partial charge in [-0.1, -0.05) is 20.3 Å². The van der Waals surface area contributed by atoms with Crippen LogP contribution in [0, 0.1) is 5.41 Å². The molecule has 17 heavy (non-hydrogen) atoms. The van der Waals surface area contributed by atoms with Gasteiger partial charge in [-0.05, 0) is 24.7 Å². The molecule has 0 radical (unpaired) electrons. The van der Waals surface area contributed by atoms with Crippen LogP contribution in [0.3, 0.4) is 0 Å². The van der Waals surface area contributed by atoms with Crippen LogP contribution in [-0.4, -0.2) is 23.1 Å². The van der Waals surface area contributed by atoms with Gasteiger partial charge in [-0.25, -0.2) is 9.97 Å². The largest absolute Gasteiger partial charge is 0.478 e. The van der Waals surface area contributed by atoms with Crippen LogP contribution in [0.5, 0.6) is 5.88 Å². The molecule has 1 aliphatic carbocycles. The Hall–Kier alpha value is -1.32. The highest BCUT2D eigenvalue weighted by atomic mass is 16.5. The van der Waals surface area contributed by atoms with Crippen molar-refractivity contribution in [2.45, 2.75) is 39.5 Å². The molecule has 0 bridgehead atoms. The van der Waals surface area contributed by atoms with Gasteiger partial charge in [0.15, 0.2) is 0 Å². The van der Waals surface area contributed by atoms with E-state index in [0.717, 1.165) is 18.8 Å². The molecule has 0 saturated heterocycles. The molecule has 0 aliphatic heterocycles. The summed E-state index contributed by atoms with van der Waals surface area (Å²) >= 11 is 0. The maximum Gasteiger partial charge on any atom is 0.218 e. The summed E-state index contributed by atoms with van der Waals surface area (Å²) in [6.07, 6.45) is 6.52. The average Bonchev–Trinajstić information content (AvgIpc) is 2.32. The molecule has 1 heterocycles. The number of nitrogens with zero attached hydrogens (tertiary/aromatic N) is 2. The molecule has 0 atom stereocenters. The van der Waals surface area contributed by atoms with E-state index >= 15 is 0 Å². The summed E-state index contributed by atoms with van der Waals surface area (Å²) in [6, 6.07) is 1.87. The molecule has 0 unspecified atom stereocenters. The van der Waals surface area contributed by atoms with Gasteiger partial charge in [0.25, 0.3) is 0 Å². The van der Waals surface area contributed by atoms with Crippen LogP contribution in [-0.2, 0) is 0 Å². The van der Waals surface area contributed by atoms with Crippen LogP contribution >= 0.6 is 0 Å². The van der Waals surface area contributed by atoms with Crippen LogP contribution in [0.25, 0.3) is 0 Å². The summed E-state index contributed by atoms with van der Waals surface area (Å²) in [5.41, 5.74) is 0.454. The molecular weight excluding hydrogens is 214 g/mol. The molecule has 1 aliphatic rings. The second kappa shape index (κ2) is 5.34. The van der Waals surface area contributed by atoms with E-state index in [1.807, 2.05) is 6.07 Å². The van der Waals surface area contributed by atoms with Crippen molar-refractivity contribution in [3.63, 3.8) is 0 Å². The van der Waals surface area contributed by atoms with Crippen LogP contribution < -0.4 is 10.1 Å². The minimum Gasteiger partial charge on any atom is -0.478 e. The Morgan fingerprint density at radius 2 is 2.24 bits per heavy atom. The van der Waals surface area contributed by atoms with Crippen molar-refractivity contribution in [2.24, 2.45) is 5.41 Å². The zero-order valence-corrected chi connectivity index (χ0v) is 10.7. The fourth-order valence-corrected chi connectivity index (χ4v) is 1.98. The molecule has 1 aromatic heterocycles. The van der Waals surface area contributed by atoms with Crippen molar-refractivity contribution in [2.75, 3.05) is 18.5 Å². The maximum atomic E-state index is 5.48. The van der Waals surface area contributed by atoms with Crippen molar-refractivity contribution < 1.29 is 4.74 Å². The molecular formula is C13H21N3O. The first kappa shape index (κ1) is 12.1. The van der Waals surface area contributed by atoms with Crippen molar-refractivity contribution >= 4 is 5.82 Å². The van der Waals surface area contributed by atoms with Crippen molar-refractivity contribution in [1.82, 2.24) is 9.97 Å². The van der Waals surface area contributed by atoms with Crippen LogP contribution in [0.2, 0.25) is 0 Å². The van der Waals surface area contributed by atoms with Gasteiger partial charge in [-0.2, -0.15) is 0 Å². The normalized spacial score (nSPS) is 17.3. The minimum atomic E-state index is 0.454. The van der Waals surface area contributed by atoms with E-state index in [2.05, 4.69) is 29.1 Å². The molecule has 1 saturated carbocycles. The zero-order chi connectivity index (χ0) is 12.1. The predicted molar refractivity (Wildman–Crippen MR) is 68.3 cm³/mol. The third-order valence-electron chi connectivity index (χ3n) is 3.35. The number of hydrogen-bond acceptors (Lipinski definition) is 4. The Bertz CT molecular complexity index is 363.